The first-order valence-electron chi connectivity index (χ1n) is 5.93. The van der Waals surface area contributed by atoms with Gasteiger partial charge in [-0.15, -0.1) is 5.10 Å². The molecule has 0 saturated heterocycles. The lowest BCUT2D eigenvalue weighted by molar-refractivity contribution is -0.130. The first-order chi connectivity index (χ1) is 8.49. The minimum absolute atomic E-state index is 0.0929. The molecule has 2 rings (SSSR count). The second-order valence-electron chi connectivity index (χ2n) is 4.75. The molecule has 0 aromatic carbocycles. The molecule has 2 amide bonds. The van der Waals surface area contributed by atoms with E-state index >= 15 is 0 Å². The zero-order chi connectivity index (χ0) is 13.3. The van der Waals surface area contributed by atoms with Crippen molar-refractivity contribution in [2.75, 3.05) is 14.1 Å². The average Bonchev–Trinajstić information content (AvgIpc) is 3.05. The molecule has 1 aliphatic carbocycles. The molecule has 7 heteroatoms. The smallest absolute Gasteiger partial charge is 0.291 e. The van der Waals surface area contributed by atoms with Crippen LogP contribution in [0.3, 0.4) is 0 Å². The molecule has 0 aliphatic heterocycles. The van der Waals surface area contributed by atoms with Gasteiger partial charge in [0.05, 0.1) is 0 Å². The van der Waals surface area contributed by atoms with Crippen LogP contribution in [0.2, 0.25) is 0 Å². The second kappa shape index (κ2) is 4.75. The number of nitrogens with zero attached hydrogens (tertiary/aromatic N) is 3. The van der Waals surface area contributed by atoms with Crippen molar-refractivity contribution in [1.29, 1.82) is 0 Å². The average molecular weight is 251 g/mol. The Labute approximate surface area is 105 Å². The van der Waals surface area contributed by atoms with E-state index in [-0.39, 0.29) is 11.7 Å². The van der Waals surface area contributed by atoms with E-state index in [9.17, 15) is 9.59 Å². The fraction of sp³-hybridized carbons (Fsp3) is 0.636. The molecule has 98 valence electrons. The van der Waals surface area contributed by atoms with E-state index in [1.807, 2.05) is 0 Å². The topological polar surface area (TPSA) is 91.0 Å². The Morgan fingerprint density at radius 3 is 2.67 bits per heavy atom. The highest BCUT2D eigenvalue weighted by Gasteiger charge is 2.28. The molecule has 1 fully saturated rings. The molecule has 1 heterocycles. The van der Waals surface area contributed by atoms with Gasteiger partial charge in [0.2, 0.25) is 11.7 Å². The lowest BCUT2D eigenvalue weighted by Gasteiger charge is -2.17. The molecule has 1 unspecified atom stereocenters. The molecule has 1 aromatic rings. The van der Waals surface area contributed by atoms with Gasteiger partial charge in [-0.05, 0) is 19.8 Å². The first-order valence-corrected chi connectivity index (χ1v) is 5.93. The molecular weight excluding hydrogens is 234 g/mol. The first kappa shape index (κ1) is 12.5. The van der Waals surface area contributed by atoms with Gasteiger partial charge < -0.3 is 10.2 Å². The van der Waals surface area contributed by atoms with Crippen LogP contribution in [0.15, 0.2) is 0 Å². The molecule has 0 bridgehead atoms. The lowest BCUT2D eigenvalue weighted by atomic mass is 10.3. The molecule has 1 atom stereocenters. The third-order valence-electron chi connectivity index (χ3n) is 2.83. The zero-order valence-corrected chi connectivity index (χ0v) is 10.7. The molecule has 7 nitrogen and oxygen atoms in total. The summed E-state index contributed by atoms with van der Waals surface area (Å²) in [7, 11) is 3.28. The summed E-state index contributed by atoms with van der Waals surface area (Å²) < 4.78 is 0. The molecule has 0 radical (unpaired) electrons. The van der Waals surface area contributed by atoms with Crippen LogP contribution in [0, 0.1) is 0 Å². The molecule has 1 aliphatic rings. The van der Waals surface area contributed by atoms with E-state index in [0.717, 1.165) is 18.7 Å². The number of amides is 2. The molecule has 1 saturated carbocycles. The highest BCUT2D eigenvalue weighted by molar-refractivity contribution is 5.94. The van der Waals surface area contributed by atoms with E-state index in [4.69, 9.17) is 0 Å². The number of aromatic amines is 1. The maximum atomic E-state index is 11.8. The summed E-state index contributed by atoms with van der Waals surface area (Å²) in [5.74, 6) is 0.670. The lowest BCUT2D eigenvalue weighted by Crippen LogP contribution is -2.44. The van der Waals surface area contributed by atoms with E-state index in [1.54, 1.807) is 21.0 Å². The number of nitrogens with one attached hydrogen (secondary N) is 2. The van der Waals surface area contributed by atoms with Crippen molar-refractivity contribution in [2.45, 2.75) is 31.7 Å². The quantitative estimate of drug-likeness (QED) is 0.781. The number of H-pyrrole nitrogens is 1. The number of hydrogen-bond acceptors (Lipinski definition) is 4. The monoisotopic (exact) mass is 251 g/mol. The highest BCUT2D eigenvalue weighted by Crippen LogP contribution is 2.37. The van der Waals surface area contributed by atoms with Crippen molar-refractivity contribution in [1.82, 2.24) is 25.4 Å². The van der Waals surface area contributed by atoms with Crippen LogP contribution >= 0.6 is 0 Å². The van der Waals surface area contributed by atoms with Gasteiger partial charge in [0.1, 0.15) is 11.9 Å². The molecule has 0 spiro atoms. The summed E-state index contributed by atoms with van der Waals surface area (Å²) in [6.07, 6.45) is 2.18. The summed E-state index contributed by atoms with van der Waals surface area (Å²) in [5.41, 5.74) is 0. The number of hydrogen-bond donors (Lipinski definition) is 2. The van der Waals surface area contributed by atoms with E-state index in [1.165, 1.54) is 4.90 Å². The van der Waals surface area contributed by atoms with Gasteiger partial charge in [0.15, 0.2) is 0 Å². The van der Waals surface area contributed by atoms with Gasteiger partial charge in [-0.3, -0.25) is 14.7 Å². The van der Waals surface area contributed by atoms with E-state index in [2.05, 4.69) is 20.5 Å². The fourth-order valence-corrected chi connectivity index (χ4v) is 1.63. The van der Waals surface area contributed by atoms with Crippen molar-refractivity contribution in [3.05, 3.63) is 11.6 Å². The highest BCUT2D eigenvalue weighted by atomic mass is 16.2. The summed E-state index contributed by atoms with van der Waals surface area (Å²) >= 11 is 0. The van der Waals surface area contributed by atoms with Crippen LogP contribution in [0.25, 0.3) is 0 Å². The minimum atomic E-state index is -0.588. The van der Waals surface area contributed by atoms with Gasteiger partial charge in [-0.1, -0.05) is 0 Å². The van der Waals surface area contributed by atoms with Crippen molar-refractivity contribution >= 4 is 11.8 Å². The number of likely N-dealkylation sites (N-methyl/N-ethyl adjacent to an activating group) is 1. The number of rotatable bonds is 4. The van der Waals surface area contributed by atoms with Crippen molar-refractivity contribution in [2.24, 2.45) is 0 Å². The number of aromatic nitrogens is 3. The van der Waals surface area contributed by atoms with Gasteiger partial charge in [0.25, 0.3) is 5.91 Å². The van der Waals surface area contributed by atoms with Gasteiger partial charge in [-0.2, -0.15) is 0 Å². The third kappa shape index (κ3) is 2.66. The van der Waals surface area contributed by atoms with Crippen LogP contribution < -0.4 is 5.32 Å². The maximum absolute atomic E-state index is 11.8. The maximum Gasteiger partial charge on any atom is 0.291 e. The summed E-state index contributed by atoms with van der Waals surface area (Å²) in [5, 5.41) is 9.19. The third-order valence-corrected chi connectivity index (χ3v) is 2.83. The van der Waals surface area contributed by atoms with E-state index < -0.39 is 11.9 Å². The standard InChI is InChI=1S/C11H17N5O2/c1-6(11(18)16(2)3)12-10(17)9-13-8(14-15-9)7-4-5-7/h6-7H,4-5H2,1-3H3,(H,12,17)(H,13,14,15). The Balaban J connectivity index is 1.96. The molecule has 1 aromatic heterocycles. The molecule has 18 heavy (non-hydrogen) atoms. The SMILES string of the molecule is CC(NC(=O)c1n[nH]c(C2CC2)n1)C(=O)N(C)C. The number of carbonyl (C=O) groups is 2. The predicted octanol–water partition coefficient (Wildman–Crippen LogP) is -0.111. The Morgan fingerprint density at radius 1 is 1.44 bits per heavy atom. The van der Waals surface area contributed by atoms with Gasteiger partial charge >= 0.3 is 0 Å². The zero-order valence-electron chi connectivity index (χ0n) is 10.7. The van der Waals surface area contributed by atoms with Crippen LogP contribution in [-0.2, 0) is 4.79 Å². The molecular formula is C11H17N5O2. The number of carbonyl (C=O) groups excluding carboxylic acids is 2. The van der Waals surface area contributed by atoms with Crippen molar-refractivity contribution in [3.63, 3.8) is 0 Å². The van der Waals surface area contributed by atoms with Crippen molar-refractivity contribution in [3.8, 4) is 0 Å². The van der Waals surface area contributed by atoms with Crippen LogP contribution in [0.4, 0.5) is 0 Å². The Kier molecular flexibility index (Phi) is 3.31. The summed E-state index contributed by atoms with van der Waals surface area (Å²) in [6.45, 7) is 1.63. The largest absolute Gasteiger partial charge is 0.347 e. The minimum Gasteiger partial charge on any atom is -0.347 e. The Bertz CT molecular complexity index is 464. The summed E-state index contributed by atoms with van der Waals surface area (Å²) in [6, 6.07) is -0.588. The van der Waals surface area contributed by atoms with Crippen LogP contribution in [0.5, 0.6) is 0 Å². The normalized spacial score (nSPS) is 16.2. The predicted molar refractivity (Wildman–Crippen MR) is 64.0 cm³/mol. The van der Waals surface area contributed by atoms with Crippen LogP contribution in [-0.4, -0.2) is 52.0 Å². The van der Waals surface area contributed by atoms with Crippen LogP contribution in [0.1, 0.15) is 42.1 Å². The van der Waals surface area contributed by atoms with Crippen molar-refractivity contribution < 1.29 is 9.59 Å². The second-order valence-corrected chi connectivity index (χ2v) is 4.75. The fourth-order valence-electron chi connectivity index (χ4n) is 1.63. The van der Waals surface area contributed by atoms with Gasteiger partial charge in [-0.25, -0.2) is 4.98 Å². The van der Waals surface area contributed by atoms with Gasteiger partial charge in [0, 0.05) is 20.0 Å². The van der Waals surface area contributed by atoms with E-state index in [0.29, 0.717) is 5.92 Å². The Hall–Kier alpha value is -1.92. The summed E-state index contributed by atoms with van der Waals surface area (Å²) in [4.78, 5) is 29.0. The Morgan fingerprint density at radius 2 is 2.11 bits per heavy atom. The molecule has 2 N–H and O–H groups in total.